The largest absolute Gasteiger partial charge is 0.395 e. The summed E-state index contributed by atoms with van der Waals surface area (Å²) in [4.78, 5) is 2.78. The Kier molecular flexibility index (Phi) is 4.85. The van der Waals surface area contributed by atoms with Crippen molar-refractivity contribution in [2.24, 2.45) is 0 Å². The number of likely N-dealkylation sites (N-methyl/N-ethyl adjacent to an activating group) is 1. The Morgan fingerprint density at radius 3 is 2.67 bits per heavy atom. The van der Waals surface area contributed by atoms with Crippen LogP contribution in [0.25, 0.3) is 0 Å². The van der Waals surface area contributed by atoms with Crippen LogP contribution in [0.3, 0.4) is 0 Å². The Labute approximate surface area is 61.6 Å². The van der Waals surface area contributed by atoms with Crippen molar-refractivity contribution in [3.63, 3.8) is 0 Å². The number of hydrogen-bond acceptors (Lipinski definition) is 3. The molecule has 0 aliphatic rings. The second-order valence-electron chi connectivity index (χ2n) is 2.03. The summed E-state index contributed by atoms with van der Waals surface area (Å²) in [5.74, 6) is 0. The summed E-state index contributed by atoms with van der Waals surface area (Å²) in [5.41, 5.74) is 0. The Bertz CT molecular complexity index is 95.1. The summed E-state index contributed by atoms with van der Waals surface area (Å²) in [5, 5.41) is 8.45. The molecule has 0 amide bonds. The minimum atomic E-state index is 0.192. The average Bonchev–Trinajstić information content (AvgIpc) is 1.63. The standard InChI is InChI=1S/C6H13NOS/c1-6(9)5-7(2)3-4-8/h8-9H,1,3-5H2,2H3. The molecule has 0 spiro atoms. The van der Waals surface area contributed by atoms with Crippen LogP contribution in [0, 0.1) is 0 Å². The van der Waals surface area contributed by atoms with Crippen molar-refractivity contribution in [2.45, 2.75) is 0 Å². The zero-order valence-electron chi connectivity index (χ0n) is 5.67. The maximum absolute atomic E-state index is 8.45. The lowest BCUT2D eigenvalue weighted by atomic mass is 10.5. The van der Waals surface area contributed by atoms with Crippen LogP contribution < -0.4 is 0 Å². The van der Waals surface area contributed by atoms with E-state index < -0.39 is 0 Å². The quantitative estimate of drug-likeness (QED) is 0.561. The third-order valence-electron chi connectivity index (χ3n) is 0.934. The Morgan fingerprint density at radius 1 is 1.78 bits per heavy atom. The number of rotatable bonds is 4. The van der Waals surface area contributed by atoms with Crippen LogP contribution >= 0.6 is 12.6 Å². The van der Waals surface area contributed by atoms with Crippen LogP contribution in [0.4, 0.5) is 0 Å². The van der Waals surface area contributed by atoms with Gasteiger partial charge < -0.3 is 5.11 Å². The van der Waals surface area contributed by atoms with Gasteiger partial charge >= 0.3 is 0 Å². The van der Waals surface area contributed by atoms with Gasteiger partial charge in [-0.15, -0.1) is 12.6 Å². The highest BCUT2D eigenvalue weighted by atomic mass is 32.1. The molecule has 0 fully saturated rings. The minimum Gasteiger partial charge on any atom is -0.395 e. The van der Waals surface area contributed by atoms with Crippen molar-refractivity contribution in [3.8, 4) is 0 Å². The van der Waals surface area contributed by atoms with Crippen LogP contribution in [0.15, 0.2) is 11.5 Å². The van der Waals surface area contributed by atoms with Crippen LogP contribution in [-0.2, 0) is 0 Å². The smallest absolute Gasteiger partial charge is 0.0558 e. The van der Waals surface area contributed by atoms with Gasteiger partial charge in [0.2, 0.25) is 0 Å². The molecule has 0 atom stereocenters. The number of hydrogen-bond donors (Lipinski definition) is 2. The van der Waals surface area contributed by atoms with Crippen molar-refractivity contribution < 1.29 is 5.11 Å². The molecule has 0 heterocycles. The topological polar surface area (TPSA) is 23.5 Å². The van der Waals surface area contributed by atoms with E-state index in [1.54, 1.807) is 0 Å². The van der Waals surface area contributed by atoms with E-state index in [4.69, 9.17) is 5.11 Å². The fourth-order valence-electron chi connectivity index (χ4n) is 0.561. The van der Waals surface area contributed by atoms with Gasteiger partial charge in [0.05, 0.1) is 6.61 Å². The monoisotopic (exact) mass is 147 g/mol. The molecule has 9 heavy (non-hydrogen) atoms. The summed E-state index contributed by atoms with van der Waals surface area (Å²) in [6.07, 6.45) is 0. The Balaban J connectivity index is 3.26. The summed E-state index contributed by atoms with van der Waals surface area (Å²) in [6.45, 7) is 5.23. The summed E-state index contributed by atoms with van der Waals surface area (Å²) < 4.78 is 0. The van der Waals surface area contributed by atoms with Crippen LogP contribution in [0.1, 0.15) is 0 Å². The third-order valence-corrected chi connectivity index (χ3v) is 1.08. The van der Waals surface area contributed by atoms with Gasteiger partial charge in [-0.05, 0) is 12.0 Å². The molecule has 2 nitrogen and oxygen atoms in total. The molecule has 3 heteroatoms. The second kappa shape index (κ2) is 4.85. The van der Waals surface area contributed by atoms with E-state index in [0.717, 1.165) is 11.4 Å². The summed E-state index contributed by atoms with van der Waals surface area (Å²) >= 11 is 4.01. The van der Waals surface area contributed by atoms with Gasteiger partial charge in [0.25, 0.3) is 0 Å². The zero-order valence-corrected chi connectivity index (χ0v) is 6.56. The van der Waals surface area contributed by atoms with Crippen molar-refractivity contribution in [1.29, 1.82) is 0 Å². The predicted octanol–water partition coefficient (Wildman–Crippen LogP) is 0.354. The van der Waals surface area contributed by atoms with E-state index in [1.807, 2.05) is 11.9 Å². The minimum absolute atomic E-state index is 0.192. The van der Waals surface area contributed by atoms with Gasteiger partial charge in [-0.2, -0.15) is 0 Å². The van der Waals surface area contributed by atoms with Crippen molar-refractivity contribution in [2.75, 3.05) is 26.7 Å². The first kappa shape index (κ1) is 9.01. The first-order chi connectivity index (χ1) is 4.16. The number of nitrogens with zero attached hydrogens (tertiary/aromatic N) is 1. The van der Waals surface area contributed by atoms with E-state index >= 15 is 0 Å². The van der Waals surface area contributed by atoms with Crippen LogP contribution in [-0.4, -0.2) is 36.8 Å². The van der Waals surface area contributed by atoms with Crippen molar-refractivity contribution >= 4 is 12.6 Å². The highest BCUT2D eigenvalue weighted by Gasteiger charge is 1.94. The van der Waals surface area contributed by atoms with Crippen LogP contribution in [0.5, 0.6) is 0 Å². The Morgan fingerprint density at radius 2 is 2.33 bits per heavy atom. The van der Waals surface area contributed by atoms with Crippen molar-refractivity contribution in [3.05, 3.63) is 11.5 Å². The van der Waals surface area contributed by atoms with Gasteiger partial charge in [0, 0.05) is 13.1 Å². The lowest BCUT2D eigenvalue weighted by Crippen LogP contribution is -2.23. The molecule has 0 saturated carbocycles. The van der Waals surface area contributed by atoms with E-state index in [1.165, 1.54) is 0 Å². The van der Waals surface area contributed by atoms with E-state index in [0.29, 0.717) is 6.54 Å². The molecule has 0 aromatic carbocycles. The molecule has 0 unspecified atom stereocenters. The van der Waals surface area contributed by atoms with Crippen molar-refractivity contribution in [1.82, 2.24) is 4.90 Å². The molecule has 1 N–H and O–H groups in total. The SMILES string of the molecule is C=C(S)CN(C)CCO. The average molecular weight is 147 g/mol. The number of aliphatic hydroxyl groups excluding tert-OH is 1. The lowest BCUT2D eigenvalue weighted by Gasteiger charge is -2.13. The molecular formula is C6H13NOS. The molecule has 54 valence electrons. The fraction of sp³-hybridized carbons (Fsp3) is 0.667. The number of aliphatic hydroxyl groups is 1. The zero-order chi connectivity index (χ0) is 7.28. The molecule has 0 aromatic rings. The number of thiol groups is 1. The first-order valence-corrected chi connectivity index (χ1v) is 3.27. The first-order valence-electron chi connectivity index (χ1n) is 2.83. The summed E-state index contributed by atoms with van der Waals surface area (Å²) in [6, 6.07) is 0. The van der Waals surface area contributed by atoms with Gasteiger partial charge in [-0.25, -0.2) is 0 Å². The maximum Gasteiger partial charge on any atom is 0.0558 e. The maximum atomic E-state index is 8.45. The molecule has 0 aliphatic carbocycles. The molecule has 0 rings (SSSR count). The van der Waals surface area contributed by atoms with Crippen LogP contribution in [0.2, 0.25) is 0 Å². The molecule has 0 saturated heterocycles. The Hall–Kier alpha value is 0.01000. The normalized spacial score (nSPS) is 10.2. The van der Waals surface area contributed by atoms with Gasteiger partial charge in [-0.3, -0.25) is 4.90 Å². The fourth-order valence-corrected chi connectivity index (χ4v) is 0.803. The molecular weight excluding hydrogens is 134 g/mol. The van der Waals surface area contributed by atoms with E-state index in [-0.39, 0.29) is 6.61 Å². The lowest BCUT2D eigenvalue weighted by molar-refractivity contribution is 0.232. The van der Waals surface area contributed by atoms with E-state index in [2.05, 4.69) is 19.2 Å². The molecule has 0 bridgehead atoms. The molecule has 0 aliphatic heterocycles. The van der Waals surface area contributed by atoms with Gasteiger partial charge in [0.15, 0.2) is 0 Å². The molecule has 0 aromatic heterocycles. The third kappa shape index (κ3) is 5.89. The summed E-state index contributed by atoms with van der Waals surface area (Å²) in [7, 11) is 1.91. The molecule has 0 radical (unpaired) electrons. The highest BCUT2D eigenvalue weighted by molar-refractivity contribution is 7.84. The van der Waals surface area contributed by atoms with E-state index in [9.17, 15) is 0 Å². The van der Waals surface area contributed by atoms with Gasteiger partial charge in [-0.1, -0.05) is 6.58 Å². The highest BCUT2D eigenvalue weighted by Crippen LogP contribution is 1.96. The van der Waals surface area contributed by atoms with Gasteiger partial charge in [0.1, 0.15) is 0 Å². The predicted molar refractivity (Wildman–Crippen MR) is 42.7 cm³/mol. The second-order valence-corrected chi connectivity index (χ2v) is 2.66.